The Bertz CT molecular complexity index is 539. The number of hydrogen-bond donors (Lipinski definition) is 0. The number of hydrogen-bond acceptors (Lipinski definition) is 4. The minimum Gasteiger partial charge on any atom is -0.545 e. The molecule has 0 saturated carbocycles. The Morgan fingerprint density at radius 3 is 1.41 bits per heavy atom. The van der Waals surface area contributed by atoms with Crippen LogP contribution in [-0.4, -0.2) is 11.9 Å². The molecule has 0 bridgehead atoms. The monoisotopic (exact) mass is 273 g/mol. The van der Waals surface area contributed by atoms with Gasteiger partial charge in [0.15, 0.2) is 0 Å². The summed E-state index contributed by atoms with van der Waals surface area (Å²) < 4.78 is 0. The number of aromatic carboxylic acids is 2. The third-order valence-electron chi connectivity index (χ3n) is 2.31. The molecular weight excluding hydrogens is 267 g/mol. The van der Waals surface area contributed by atoms with Crippen molar-refractivity contribution in [2.75, 3.05) is 0 Å². The van der Waals surface area contributed by atoms with E-state index in [-0.39, 0.29) is 27.9 Å². The van der Waals surface area contributed by atoms with Crippen LogP contribution in [0.4, 0.5) is 0 Å². The van der Waals surface area contributed by atoms with Gasteiger partial charge in [-0.15, -0.1) is 0 Å². The summed E-state index contributed by atoms with van der Waals surface area (Å²) >= 11 is 0. The van der Waals surface area contributed by atoms with Crippen LogP contribution in [-0.2, 0) is 16.8 Å². The molecule has 87 valence electrons. The van der Waals surface area contributed by atoms with E-state index < -0.39 is 11.9 Å². The van der Waals surface area contributed by atoms with Crippen LogP contribution in [0.25, 0.3) is 10.8 Å². The molecule has 2 aromatic carbocycles. The van der Waals surface area contributed by atoms with Gasteiger partial charge < -0.3 is 19.8 Å². The Kier molecular flexibility index (Phi) is 3.87. The molecule has 0 N–H and O–H groups in total. The largest absolute Gasteiger partial charge is 2.00 e. The van der Waals surface area contributed by atoms with E-state index in [1.165, 1.54) is 36.4 Å². The molecule has 0 spiro atoms. The Balaban J connectivity index is 0.00000144. The molecule has 0 aliphatic carbocycles. The zero-order chi connectivity index (χ0) is 11.7. The van der Waals surface area contributed by atoms with Gasteiger partial charge >= 0.3 is 16.8 Å². The van der Waals surface area contributed by atoms with Crippen LogP contribution in [0.1, 0.15) is 20.7 Å². The van der Waals surface area contributed by atoms with Crippen LogP contribution >= 0.6 is 0 Å². The Morgan fingerprint density at radius 2 is 1.12 bits per heavy atom. The molecule has 2 aromatic rings. The predicted octanol–water partition coefficient (Wildman–Crippen LogP) is -0.436. The van der Waals surface area contributed by atoms with E-state index in [1.807, 2.05) is 0 Å². The first-order valence-corrected chi connectivity index (χ1v) is 4.54. The normalized spacial score (nSPS) is 9.65. The van der Waals surface area contributed by atoms with E-state index in [1.54, 1.807) is 0 Å². The predicted molar refractivity (Wildman–Crippen MR) is 52.6 cm³/mol. The number of rotatable bonds is 2. The molecule has 4 nitrogen and oxygen atoms in total. The third kappa shape index (κ3) is 2.63. The molecule has 0 heterocycles. The average molecular weight is 273 g/mol. The molecule has 0 aliphatic rings. The van der Waals surface area contributed by atoms with Crippen molar-refractivity contribution < 1.29 is 36.6 Å². The zero-order valence-electron chi connectivity index (χ0n) is 8.43. The van der Waals surface area contributed by atoms with Gasteiger partial charge in [0.25, 0.3) is 0 Å². The minimum atomic E-state index is -1.26. The van der Waals surface area contributed by atoms with Crippen molar-refractivity contribution >= 4 is 22.7 Å². The zero-order valence-corrected chi connectivity index (χ0v) is 9.47. The summed E-state index contributed by atoms with van der Waals surface area (Å²) in [7, 11) is 0. The summed E-state index contributed by atoms with van der Waals surface area (Å²) in [5.74, 6) is -2.52. The average Bonchev–Trinajstić information content (AvgIpc) is 2.27. The molecule has 17 heavy (non-hydrogen) atoms. The Labute approximate surface area is 107 Å². The molecule has 0 fully saturated rings. The van der Waals surface area contributed by atoms with Gasteiger partial charge in [-0.25, -0.2) is 0 Å². The topological polar surface area (TPSA) is 80.3 Å². The fraction of sp³-hybridized carbons (Fsp3) is 0. The van der Waals surface area contributed by atoms with Crippen LogP contribution in [0.3, 0.4) is 0 Å². The van der Waals surface area contributed by atoms with Gasteiger partial charge in [-0.05, 0) is 34.0 Å². The second-order valence-corrected chi connectivity index (χ2v) is 3.35. The standard InChI is InChI=1S/C12H8O4.Co/c13-11(14)9-3-1-7-5-10(12(15)16)4-2-8(7)6-9;/h1-6H,(H,13,14)(H,15,16);/q;+2/p-2. The van der Waals surface area contributed by atoms with E-state index in [2.05, 4.69) is 0 Å². The van der Waals surface area contributed by atoms with E-state index in [0.717, 1.165) is 0 Å². The fourth-order valence-corrected chi connectivity index (χ4v) is 1.50. The molecule has 0 saturated heterocycles. The van der Waals surface area contributed by atoms with Crippen molar-refractivity contribution in [3.63, 3.8) is 0 Å². The smallest absolute Gasteiger partial charge is 0.545 e. The van der Waals surface area contributed by atoms with Crippen LogP contribution in [0.15, 0.2) is 36.4 Å². The first kappa shape index (κ1) is 13.2. The van der Waals surface area contributed by atoms with Crippen LogP contribution in [0.2, 0.25) is 0 Å². The fourth-order valence-electron chi connectivity index (χ4n) is 1.50. The molecular formula is C12H6CoO4. The number of carboxylic acid groups (broad SMARTS) is 2. The van der Waals surface area contributed by atoms with Crippen molar-refractivity contribution in [1.29, 1.82) is 0 Å². The Morgan fingerprint density at radius 1 is 0.765 bits per heavy atom. The number of carbonyl (C=O) groups is 2. The second-order valence-electron chi connectivity index (χ2n) is 3.35. The SMILES string of the molecule is O=C([O-])c1ccc2cc(C(=O)[O-])ccc2c1.[Co+2]. The summed E-state index contributed by atoms with van der Waals surface area (Å²) in [4.78, 5) is 21.2. The van der Waals surface area contributed by atoms with Crippen LogP contribution < -0.4 is 10.2 Å². The number of carbonyl (C=O) groups excluding carboxylic acids is 2. The molecule has 0 aliphatic heterocycles. The van der Waals surface area contributed by atoms with Gasteiger partial charge in [-0.2, -0.15) is 0 Å². The van der Waals surface area contributed by atoms with E-state index in [9.17, 15) is 19.8 Å². The first-order valence-electron chi connectivity index (χ1n) is 4.54. The van der Waals surface area contributed by atoms with Crippen molar-refractivity contribution in [3.8, 4) is 0 Å². The summed E-state index contributed by atoms with van der Waals surface area (Å²) in [6.07, 6.45) is 0. The number of carboxylic acids is 2. The summed E-state index contributed by atoms with van der Waals surface area (Å²) in [5, 5.41) is 22.5. The van der Waals surface area contributed by atoms with Crippen LogP contribution in [0.5, 0.6) is 0 Å². The number of fused-ring (bicyclic) bond motifs is 1. The van der Waals surface area contributed by atoms with Crippen LogP contribution in [0, 0.1) is 0 Å². The minimum absolute atomic E-state index is 0. The molecule has 2 rings (SSSR count). The van der Waals surface area contributed by atoms with Gasteiger partial charge in [-0.1, -0.05) is 24.3 Å². The number of benzene rings is 2. The second kappa shape index (κ2) is 4.98. The van der Waals surface area contributed by atoms with E-state index >= 15 is 0 Å². The van der Waals surface area contributed by atoms with Crippen molar-refractivity contribution in [3.05, 3.63) is 47.5 Å². The summed E-state index contributed by atoms with van der Waals surface area (Å²) in [6, 6.07) is 8.68. The van der Waals surface area contributed by atoms with Gasteiger partial charge in [0, 0.05) is 0 Å². The van der Waals surface area contributed by atoms with Crippen molar-refractivity contribution in [1.82, 2.24) is 0 Å². The maximum Gasteiger partial charge on any atom is 2.00 e. The van der Waals surface area contributed by atoms with Gasteiger partial charge in [0.05, 0.1) is 11.9 Å². The van der Waals surface area contributed by atoms with Gasteiger partial charge in [-0.3, -0.25) is 0 Å². The van der Waals surface area contributed by atoms with E-state index in [4.69, 9.17) is 0 Å². The molecule has 0 unspecified atom stereocenters. The molecule has 0 atom stereocenters. The van der Waals surface area contributed by atoms with E-state index in [0.29, 0.717) is 10.8 Å². The summed E-state index contributed by atoms with van der Waals surface area (Å²) in [6.45, 7) is 0. The maximum absolute atomic E-state index is 10.6. The molecule has 0 aromatic heterocycles. The quantitative estimate of drug-likeness (QED) is 0.743. The third-order valence-corrected chi connectivity index (χ3v) is 2.31. The first-order chi connectivity index (χ1) is 7.58. The van der Waals surface area contributed by atoms with Gasteiger partial charge in [0.1, 0.15) is 0 Å². The maximum atomic E-state index is 10.6. The molecule has 1 radical (unpaired) electrons. The van der Waals surface area contributed by atoms with Crippen molar-refractivity contribution in [2.45, 2.75) is 0 Å². The summed E-state index contributed by atoms with van der Waals surface area (Å²) in [5.41, 5.74) is 0.127. The molecule has 5 heteroatoms. The Hall–Kier alpha value is -1.85. The molecule has 0 amide bonds. The van der Waals surface area contributed by atoms with Crippen molar-refractivity contribution in [2.24, 2.45) is 0 Å². The van der Waals surface area contributed by atoms with Gasteiger partial charge in [0.2, 0.25) is 0 Å².